The quantitative estimate of drug-likeness (QED) is 0.275. The van der Waals surface area contributed by atoms with Crippen LogP contribution < -0.4 is 16.4 Å². The van der Waals surface area contributed by atoms with Gasteiger partial charge in [-0.25, -0.2) is 4.79 Å². The molecule has 0 bridgehead atoms. The van der Waals surface area contributed by atoms with Gasteiger partial charge in [0.1, 0.15) is 6.04 Å². The molecule has 8 nitrogen and oxygen atoms in total. The monoisotopic (exact) mass is 505 g/mol. The minimum Gasteiger partial charge on any atom is -0.378 e. The molecule has 3 amide bonds. The Morgan fingerprint density at radius 1 is 1.03 bits per heavy atom. The van der Waals surface area contributed by atoms with Crippen LogP contribution in [0.15, 0.2) is 66.9 Å². The normalized spacial score (nSPS) is 11.7. The third-order valence-electron chi connectivity index (χ3n) is 6.11. The summed E-state index contributed by atoms with van der Waals surface area (Å²) in [6, 6.07) is 19.0. The van der Waals surface area contributed by atoms with Crippen LogP contribution in [0.4, 0.5) is 4.79 Å². The number of pyridine rings is 1. The zero-order valence-electron chi connectivity index (χ0n) is 21.7. The van der Waals surface area contributed by atoms with Gasteiger partial charge in [-0.1, -0.05) is 61.9 Å². The number of ether oxygens (including phenoxy) is 1. The molecule has 4 N–H and O–H groups in total. The number of amides is 3. The predicted molar refractivity (Wildman–Crippen MR) is 147 cm³/mol. The average molecular weight is 506 g/mol. The first-order chi connectivity index (χ1) is 18.1. The highest BCUT2D eigenvalue weighted by molar-refractivity contribution is 5.88. The van der Waals surface area contributed by atoms with Crippen molar-refractivity contribution in [1.82, 2.24) is 20.5 Å². The summed E-state index contributed by atoms with van der Waals surface area (Å²) in [5.74, 6) is -0.238. The highest BCUT2D eigenvalue weighted by Crippen LogP contribution is 2.17. The fraction of sp³-hybridized carbons (Fsp3) is 0.414. The number of carbonyl (C=O) groups excluding carboxylic acids is 2. The summed E-state index contributed by atoms with van der Waals surface area (Å²) < 4.78 is 5.38. The Balaban J connectivity index is 1.71. The van der Waals surface area contributed by atoms with E-state index in [9.17, 15) is 9.59 Å². The number of nitrogens with zero attached hydrogens (tertiary/aromatic N) is 2. The van der Waals surface area contributed by atoms with Gasteiger partial charge in [0, 0.05) is 50.9 Å². The molecule has 0 aliphatic carbocycles. The molecule has 1 aromatic heterocycles. The Labute approximate surface area is 219 Å². The fourth-order valence-electron chi connectivity index (χ4n) is 4.07. The van der Waals surface area contributed by atoms with Gasteiger partial charge in [-0.05, 0) is 34.9 Å². The molecule has 0 aliphatic rings. The van der Waals surface area contributed by atoms with E-state index in [0.29, 0.717) is 52.2 Å². The second-order valence-corrected chi connectivity index (χ2v) is 8.99. The summed E-state index contributed by atoms with van der Waals surface area (Å²) in [5.41, 5.74) is 7.36. The lowest BCUT2D eigenvalue weighted by molar-refractivity contribution is -0.123. The molecule has 3 aromatic rings. The largest absolute Gasteiger partial charge is 0.378 e. The molecule has 0 unspecified atom stereocenters. The van der Waals surface area contributed by atoms with Crippen molar-refractivity contribution in [2.75, 3.05) is 39.4 Å². The Kier molecular flexibility index (Phi) is 11.8. The van der Waals surface area contributed by atoms with Crippen LogP contribution in [0.25, 0.3) is 10.8 Å². The first kappa shape index (κ1) is 28.1. The van der Waals surface area contributed by atoms with E-state index in [-0.39, 0.29) is 11.9 Å². The van der Waals surface area contributed by atoms with E-state index in [4.69, 9.17) is 10.5 Å². The molecule has 0 saturated heterocycles. The van der Waals surface area contributed by atoms with E-state index in [1.807, 2.05) is 48.5 Å². The third-order valence-corrected chi connectivity index (χ3v) is 6.11. The zero-order valence-corrected chi connectivity index (χ0v) is 21.7. The second kappa shape index (κ2) is 15.6. The SMILES string of the molecule is CCCCN(CCc1ccccn1)C(=O)N[C@H](Cc1ccc2ccccc2c1)C(=O)NCCOCCN. The van der Waals surface area contributed by atoms with Gasteiger partial charge in [-0.15, -0.1) is 0 Å². The molecule has 0 fully saturated rings. The van der Waals surface area contributed by atoms with Crippen LogP contribution in [0, 0.1) is 0 Å². The lowest BCUT2D eigenvalue weighted by Gasteiger charge is -2.26. The number of urea groups is 1. The molecule has 1 atom stereocenters. The Morgan fingerprint density at radius 2 is 1.84 bits per heavy atom. The number of hydrogen-bond donors (Lipinski definition) is 3. The first-order valence-corrected chi connectivity index (χ1v) is 13.1. The topological polar surface area (TPSA) is 110 Å². The smallest absolute Gasteiger partial charge is 0.318 e. The minimum absolute atomic E-state index is 0.238. The first-order valence-electron chi connectivity index (χ1n) is 13.1. The molecule has 0 spiro atoms. The average Bonchev–Trinajstić information content (AvgIpc) is 2.93. The molecule has 2 aromatic carbocycles. The maximum atomic E-state index is 13.4. The van der Waals surface area contributed by atoms with Crippen LogP contribution in [-0.4, -0.2) is 67.3 Å². The van der Waals surface area contributed by atoms with Crippen LogP contribution in [0.2, 0.25) is 0 Å². The van der Waals surface area contributed by atoms with Crippen molar-refractivity contribution in [2.24, 2.45) is 5.73 Å². The zero-order chi connectivity index (χ0) is 26.3. The van der Waals surface area contributed by atoms with Crippen LogP contribution in [0.3, 0.4) is 0 Å². The third kappa shape index (κ3) is 9.48. The molecule has 0 aliphatic heterocycles. The molecular formula is C29H39N5O3. The molecule has 0 saturated carbocycles. The summed E-state index contributed by atoms with van der Waals surface area (Å²) in [6.07, 6.45) is 4.64. The number of aromatic nitrogens is 1. The van der Waals surface area contributed by atoms with Gasteiger partial charge in [0.2, 0.25) is 5.91 Å². The van der Waals surface area contributed by atoms with E-state index >= 15 is 0 Å². The number of hydrogen-bond acceptors (Lipinski definition) is 5. The fourth-order valence-corrected chi connectivity index (χ4v) is 4.07. The second-order valence-electron chi connectivity index (χ2n) is 8.99. The van der Waals surface area contributed by atoms with Crippen LogP contribution in [-0.2, 0) is 22.4 Å². The molecule has 3 rings (SSSR count). The lowest BCUT2D eigenvalue weighted by atomic mass is 10.0. The van der Waals surface area contributed by atoms with Gasteiger partial charge >= 0.3 is 6.03 Å². The van der Waals surface area contributed by atoms with Crippen molar-refractivity contribution in [3.63, 3.8) is 0 Å². The van der Waals surface area contributed by atoms with Gasteiger partial charge in [0.15, 0.2) is 0 Å². The number of nitrogens with two attached hydrogens (primary N) is 1. The van der Waals surface area contributed by atoms with Crippen LogP contribution >= 0.6 is 0 Å². The summed E-state index contributed by atoms with van der Waals surface area (Å²) in [6.45, 7) is 4.83. The number of rotatable bonds is 15. The van der Waals surface area contributed by atoms with Crippen molar-refractivity contribution >= 4 is 22.7 Å². The van der Waals surface area contributed by atoms with Gasteiger partial charge in [0.05, 0.1) is 13.2 Å². The van der Waals surface area contributed by atoms with Crippen molar-refractivity contribution < 1.29 is 14.3 Å². The molecule has 8 heteroatoms. The summed E-state index contributed by atoms with van der Waals surface area (Å²) in [5, 5.41) is 8.13. The predicted octanol–water partition coefficient (Wildman–Crippen LogP) is 3.29. The number of unbranched alkanes of at least 4 members (excludes halogenated alkanes) is 1. The summed E-state index contributed by atoms with van der Waals surface area (Å²) in [4.78, 5) is 32.7. The molecule has 0 radical (unpaired) electrons. The molecule has 1 heterocycles. The summed E-state index contributed by atoms with van der Waals surface area (Å²) in [7, 11) is 0. The van der Waals surface area contributed by atoms with E-state index in [2.05, 4.69) is 34.7 Å². The molecular weight excluding hydrogens is 466 g/mol. The Hall–Kier alpha value is -3.49. The Morgan fingerprint density at radius 3 is 2.59 bits per heavy atom. The van der Waals surface area contributed by atoms with Crippen molar-refractivity contribution in [3.05, 3.63) is 78.1 Å². The number of carbonyl (C=O) groups is 2. The van der Waals surface area contributed by atoms with Gasteiger partial charge < -0.3 is 26.0 Å². The minimum atomic E-state index is -0.720. The van der Waals surface area contributed by atoms with Gasteiger partial charge in [0.25, 0.3) is 0 Å². The standard InChI is InChI=1S/C29H39N5O3/c1-2-3-17-34(18-13-26-10-6-7-15-31-26)29(36)33-27(28(35)32-16-20-37-19-14-30)22-23-11-12-24-8-4-5-9-25(24)21-23/h4-12,15,21,27H,2-3,13-14,16-20,22,30H2,1H3,(H,32,35)(H,33,36)/t27-/m1/s1. The lowest BCUT2D eigenvalue weighted by Crippen LogP contribution is -2.53. The van der Waals surface area contributed by atoms with E-state index in [1.54, 1.807) is 11.1 Å². The molecule has 198 valence electrons. The van der Waals surface area contributed by atoms with E-state index < -0.39 is 6.04 Å². The highest BCUT2D eigenvalue weighted by Gasteiger charge is 2.24. The highest BCUT2D eigenvalue weighted by atomic mass is 16.5. The van der Waals surface area contributed by atoms with Crippen LogP contribution in [0.1, 0.15) is 31.0 Å². The summed E-state index contributed by atoms with van der Waals surface area (Å²) >= 11 is 0. The maximum absolute atomic E-state index is 13.4. The number of nitrogens with one attached hydrogen (secondary N) is 2. The van der Waals surface area contributed by atoms with E-state index in [0.717, 1.165) is 34.9 Å². The van der Waals surface area contributed by atoms with Crippen molar-refractivity contribution in [1.29, 1.82) is 0 Å². The van der Waals surface area contributed by atoms with Crippen molar-refractivity contribution in [3.8, 4) is 0 Å². The maximum Gasteiger partial charge on any atom is 0.318 e. The van der Waals surface area contributed by atoms with E-state index in [1.165, 1.54) is 0 Å². The van der Waals surface area contributed by atoms with Crippen molar-refractivity contribution in [2.45, 2.75) is 38.6 Å². The number of fused-ring (bicyclic) bond motifs is 1. The molecule has 37 heavy (non-hydrogen) atoms. The Bertz CT molecular complexity index is 1110. The number of benzene rings is 2. The van der Waals surface area contributed by atoms with Gasteiger partial charge in [-0.3, -0.25) is 9.78 Å². The van der Waals surface area contributed by atoms with Gasteiger partial charge in [-0.2, -0.15) is 0 Å². The van der Waals surface area contributed by atoms with Crippen LogP contribution in [0.5, 0.6) is 0 Å².